The van der Waals surface area contributed by atoms with Crippen LogP contribution < -0.4 is 5.11 Å². The third kappa shape index (κ3) is 40.9. The molecule has 0 aromatic rings. The first kappa shape index (κ1) is 57.5. The van der Waals surface area contributed by atoms with Gasteiger partial charge in [0.1, 0.15) is 12.6 Å². The third-order valence-electron chi connectivity index (χ3n) is 11.3. The van der Waals surface area contributed by atoms with E-state index in [9.17, 15) is 19.5 Å². The maximum atomic E-state index is 12.8. The van der Waals surface area contributed by atoms with Crippen LogP contribution in [0.2, 0.25) is 0 Å². The van der Waals surface area contributed by atoms with Crippen LogP contribution in [0.25, 0.3) is 0 Å². The Hall–Kier alpha value is -2.45. The summed E-state index contributed by atoms with van der Waals surface area (Å²) in [6.07, 6.45) is 50.2. The standard InChI is InChI=1S/C52H95NO7/c1-6-8-10-12-14-16-18-20-22-24-25-27-28-30-32-34-36-38-40-42-50(54)59-47-48(46-58-45-44-49(52(56)57)53(3,4)5)60-51(55)43-41-39-37-35-33-31-29-26-23-21-19-17-15-13-11-9-7-2/h14,16,18,20-21,23,48-49H,6-13,15,17,19,22,24-47H2,1-5H3/b16-14+,20-18+,23-21+. The molecule has 350 valence electrons. The third-order valence-corrected chi connectivity index (χ3v) is 11.3. The van der Waals surface area contributed by atoms with Crippen molar-refractivity contribution in [2.75, 3.05) is 41.0 Å². The molecule has 0 amide bonds. The number of carbonyl (C=O) groups is 3. The number of aliphatic carboxylic acids is 1. The largest absolute Gasteiger partial charge is 0.544 e. The highest BCUT2D eigenvalue weighted by Gasteiger charge is 2.25. The SMILES string of the molecule is CCCCC/C=C/C=C/CCCCCCCCCCCCC(=O)OCC(COCCC(C(=O)[O-])[N+](C)(C)C)OC(=O)CCCCCCCCC/C=C/CCCCCCCC. The fourth-order valence-electron chi connectivity index (χ4n) is 7.35. The van der Waals surface area contributed by atoms with Gasteiger partial charge in [-0.2, -0.15) is 0 Å². The van der Waals surface area contributed by atoms with Gasteiger partial charge in [0.25, 0.3) is 0 Å². The Balaban J connectivity index is 4.26. The van der Waals surface area contributed by atoms with Gasteiger partial charge < -0.3 is 28.6 Å². The molecule has 8 heteroatoms. The van der Waals surface area contributed by atoms with Crippen molar-refractivity contribution in [1.29, 1.82) is 0 Å². The summed E-state index contributed by atoms with van der Waals surface area (Å²) in [5.41, 5.74) is 0. The lowest BCUT2D eigenvalue weighted by atomic mass is 10.1. The minimum Gasteiger partial charge on any atom is -0.544 e. The van der Waals surface area contributed by atoms with Crippen molar-refractivity contribution in [1.82, 2.24) is 0 Å². The average Bonchev–Trinajstić information content (AvgIpc) is 3.21. The summed E-state index contributed by atoms with van der Waals surface area (Å²) >= 11 is 0. The number of quaternary nitrogens is 1. The number of likely N-dealkylation sites (N-methyl/N-ethyl adjacent to an activating group) is 1. The Bertz CT molecular complexity index is 1080. The van der Waals surface area contributed by atoms with Gasteiger partial charge in [0, 0.05) is 19.3 Å². The Labute approximate surface area is 370 Å². The van der Waals surface area contributed by atoms with Gasteiger partial charge in [-0.25, -0.2) is 0 Å². The van der Waals surface area contributed by atoms with Crippen LogP contribution >= 0.6 is 0 Å². The minimum atomic E-state index is -1.12. The normalized spacial score (nSPS) is 13.2. The number of hydrogen-bond donors (Lipinski definition) is 0. The molecular formula is C52H95NO7. The number of esters is 2. The molecule has 2 unspecified atom stereocenters. The van der Waals surface area contributed by atoms with Crippen molar-refractivity contribution in [3.8, 4) is 0 Å². The molecule has 2 atom stereocenters. The molecule has 0 aromatic carbocycles. The second-order valence-electron chi connectivity index (χ2n) is 18.1. The first-order chi connectivity index (χ1) is 29.1. The molecule has 0 spiro atoms. The second-order valence-corrected chi connectivity index (χ2v) is 18.1. The number of ether oxygens (including phenoxy) is 3. The highest BCUT2D eigenvalue weighted by Crippen LogP contribution is 2.15. The number of carboxylic acid groups (broad SMARTS) is 1. The molecule has 0 saturated carbocycles. The van der Waals surface area contributed by atoms with Gasteiger partial charge in [0.15, 0.2) is 6.10 Å². The van der Waals surface area contributed by atoms with Crippen LogP contribution in [0, 0.1) is 0 Å². The van der Waals surface area contributed by atoms with Crippen LogP contribution in [0.4, 0.5) is 0 Å². The van der Waals surface area contributed by atoms with Gasteiger partial charge in [0.05, 0.1) is 40.3 Å². The summed E-state index contributed by atoms with van der Waals surface area (Å²) in [5, 5.41) is 11.7. The molecule has 0 saturated heterocycles. The number of allylic oxidation sites excluding steroid dienone is 6. The maximum absolute atomic E-state index is 12.8. The number of rotatable bonds is 45. The van der Waals surface area contributed by atoms with Crippen LogP contribution in [-0.4, -0.2) is 75.5 Å². The highest BCUT2D eigenvalue weighted by atomic mass is 16.6. The van der Waals surface area contributed by atoms with E-state index in [0.29, 0.717) is 12.8 Å². The predicted octanol–water partition coefficient (Wildman–Crippen LogP) is 12.9. The summed E-state index contributed by atoms with van der Waals surface area (Å²) in [6.45, 7) is 4.65. The van der Waals surface area contributed by atoms with Gasteiger partial charge in [-0.15, -0.1) is 0 Å². The van der Waals surface area contributed by atoms with E-state index in [1.165, 1.54) is 154 Å². The first-order valence-corrected chi connectivity index (χ1v) is 25.0. The molecule has 60 heavy (non-hydrogen) atoms. The topological polar surface area (TPSA) is 102 Å². The number of unbranched alkanes of at least 4 members (excludes halogenated alkanes) is 26. The van der Waals surface area contributed by atoms with Crippen molar-refractivity contribution < 1.29 is 38.2 Å². The zero-order chi connectivity index (χ0) is 44.2. The molecule has 0 bridgehead atoms. The van der Waals surface area contributed by atoms with Crippen molar-refractivity contribution in [3.05, 3.63) is 36.5 Å². The van der Waals surface area contributed by atoms with E-state index in [1.54, 1.807) is 21.1 Å². The van der Waals surface area contributed by atoms with E-state index >= 15 is 0 Å². The molecule has 0 aliphatic heterocycles. The predicted molar refractivity (Wildman–Crippen MR) is 250 cm³/mol. The lowest BCUT2D eigenvalue weighted by molar-refractivity contribution is -0.889. The van der Waals surface area contributed by atoms with E-state index in [2.05, 4.69) is 50.3 Å². The Morgan fingerprint density at radius 2 is 0.883 bits per heavy atom. The molecule has 0 N–H and O–H groups in total. The fraction of sp³-hybridized carbons (Fsp3) is 0.827. The number of carbonyl (C=O) groups excluding carboxylic acids is 3. The van der Waals surface area contributed by atoms with E-state index in [1.807, 2.05) is 0 Å². The minimum absolute atomic E-state index is 0.0397. The molecule has 0 aliphatic rings. The Morgan fingerprint density at radius 1 is 0.500 bits per heavy atom. The van der Waals surface area contributed by atoms with Crippen LogP contribution in [0.5, 0.6) is 0 Å². The Morgan fingerprint density at radius 3 is 1.33 bits per heavy atom. The monoisotopic (exact) mass is 846 g/mol. The van der Waals surface area contributed by atoms with E-state index in [0.717, 1.165) is 38.5 Å². The molecule has 0 aliphatic carbocycles. The van der Waals surface area contributed by atoms with Crippen LogP contribution in [0.1, 0.15) is 226 Å². The molecular weight excluding hydrogens is 751 g/mol. The summed E-state index contributed by atoms with van der Waals surface area (Å²) in [7, 11) is 5.41. The van der Waals surface area contributed by atoms with Gasteiger partial charge in [0.2, 0.25) is 0 Å². The van der Waals surface area contributed by atoms with Gasteiger partial charge in [-0.05, 0) is 64.2 Å². The molecule has 0 fully saturated rings. The van der Waals surface area contributed by atoms with Crippen LogP contribution in [0.3, 0.4) is 0 Å². The van der Waals surface area contributed by atoms with Crippen LogP contribution in [0.15, 0.2) is 36.5 Å². The Kier molecular flexibility index (Phi) is 41.4. The lowest BCUT2D eigenvalue weighted by Crippen LogP contribution is -2.55. The lowest BCUT2D eigenvalue weighted by Gasteiger charge is -2.34. The molecule has 0 aromatic heterocycles. The zero-order valence-electron chi connectivity index (χ0n) is 39.9. The summed E-state index contributed by atoms with van der Waals surface area (Å²) in [6, 6.07) is -0.726. The van der Waals surface area contributed by atoms with E-state index < -0.39 is 18.1 Å². The number of carboxylic acids is 1. The zero-order valence-corrected chi connectivity index (χ0v) is 39.9. The molecule has 8 nitrogen and oxygen atoms in total. The second kappa shape index (κ2) is 43.2. The summed E-state index contributed by atoms with van der Waals surface area (Å²) < 4.78 is 17.2. The average molecular weight is 846 g/mol. The van der Waals surface area contributed by atoms with Gasteiger partial charge in [-0.3, -0.25) is 9.59 Å². The quantitative estimate of drug-likeness (QED) is 0.0198. The number of hydrogen-bond acceptors (Lipinski definition) is 7. The summed E-state index contributed by atoms with van der Waals surface area (Å²) in [5.74, 6) is -1.74. The van der Waals surface area contributed by atoms with E-state index in [4.69, 9.17) is 14.2 Å². The highest BCUT2D eigenvalue weighted by molar-refractivity contribution is 5.70. The van der Waals surface area contributed by atoms with E-state index in [-0.39, 0.29) is 42.7 Å². The van der Waals surface area contributed by atoms with Gasteiger partial charge in [-0.1, -0.05) is 179 Å². The molecule has 0 radical (unpaired) electrons. The smallest absolute Gasteiger partial charge is 0.306 e. The van der Waals surface area contributed by atoms with Crippen molar-refractivity contribution in [2.45, 2.75) is 238 Å². The molecule has 0 heterocycles. The number of nitrogens with zero attached hydrogens (tertiary/aromatic N) is 1. The van der Waals surface area contributed by atoms with Crippen molar-refractivity contribution in [3.63, 3.8) is 0 Å². The fourth-order valence-corrected chi connectivity index (χ4v) is 7.35. The first-order valence-electron chi connectivity index (χ1n) is 25.0. The maximum Gasteiger partial charge on any atom is 0.306 e. The molecule has 0 rings (SSSR count). The van der Waals surface area contributed by atoms with Crippen molar-refractivity contribution in [2.24, 2.45) is 0 Å². The van der Waals surface area contributed by atoms with Crippen LogP contribution in [-0.2, 0) is 28.6 Å². The van der Waals surface area contributed by atoms with Crippen molar-refractivity contribution >= 4 is 17.9 Å². The summed E-state index contributed by atoms with van der Waals surface area (Å²) in [4.78, 5) is 37.0. The van der Waals surface area contributed by atoms with Gasteiger partial charge >= 0.3 is 11.9 Å².